The highest BCUT2D eigenvalue weighted by Crippen LogP contribution is 2.36. The van der Waals surface area contributed by atoms with Crippen LogP contribution in [0.3, 0.4) is 0 Å². The van der Waals surface area contributed by atoms with E-state index in [4.69, 9.17) is 4.74 Å². The van der Waals surface area contributed by atoms with Gasteiger partial charge in [0.2, 0.25) is 0 Å². The van der Waals surface area contributed by atoms with E-state index in [9.17, 15) is 9.59 Å². The van der Waals surface area contributed by atoms with Gasteiger partial charge in [0.05, 0.1) is 18.3 Å². The molecule has 0 saturated heterocycles. The van der Waals surface area contributed by atoms with Gasteiger partial charge in [-0.2, -0.15) is 0 Å². The number of nitrogens with zero attached hydrogens (tertiary/aromatic N) is 1. The molecule has 0 spiro atoms. The van der Waals surface area contributed by atoms with Crippen LogP contribution in [0.15, 0.2) is 63.8 Å². The smallest absolute Gasteiger partial charge is 0.340 e. The molecule has 138 valence electrons. The summed E-state index contributed by atoms with van der Waals surface area (Å²) >= 11 is 3.40. The normalized spacial score (nSPS) is 15.7. The highest BCUT2D eigenvalue weighted by molar-refractivity contribution is 9.10. The van der Waals surface area contributed by atoms with Crippen molar-refractivity contribution in [2.75, 3.05) is 12.0 Å². The Balaban J connectivity index is 2.14. The number of carbonyl (C=O) groups is 2. The molecule has 1 amide bonds. The van der Waals surface area contributed by atoms with Crippen molar-refractivity contribution in [3.63, 3.8) is 0 Å². The summed E-state index contributed by atoms with van der Waals surface area (Å²) < 4.78 is 5.89. The van der Waals surface area contributed by atoms with Crippen molar-refractivity contribution in [2.24, 2.45) is 0 Å². The Hall–Kier alpha value is -2.66. The Morgan fingerprint density at radius 1 is 1.04 bits per heavy atom. The summed E-state index contributed by atoms with van der Waals surface area (Å²) in [6, 6.07) is 13.4. The first-order valence-electron chi connectivity index (χ1n) is 8.52. The minimum atomic E-state index is -0.518. The van der Waals surface area contributed by atoms with Gasteiger partial charge >= 0.3 is 5.97 Å². The van der Waals surface area contributed by atoms with Crippen molar-refractivity contribution in [2.45, 2.75) is 20.8 Å². The lowest BCUT2D eigenvalue weighted by molar-refractivity contribution is -0.136. The molecule has 4 nitrogen and oxygen atoms in total. The molecule has 0 saturated carbocycles. The number of hydrogen-bond acceptors (Lipinski definition) is 3. The number of rotatable bonds is 3. The lowest BCUT2D eigenvalue weighted by Gasteiger charge is -2.19. The van der Waals surface area contributed by atoms with Gasteiger partial charge in [-0.05, 0) is 67.8 Å². The van der Waals surface area contributed by atoms with Crippen molar-refractivity contribution in [1.82, 2.24) is 0 Å². The highest BCUT2D eigenvalue weighted by atomic mass is 79.9. The molecule has 0 bridgehead atoms. The molecule has 5 heteroatoms. The molecule has 0 unspecified atom stereocenters. The number of benzene rings is 2. The van der Waals surface area contributed by atoms with Crippen molar-refractivity contribution >= 4 is 39.6 Å². The van der Waals surface area contributed by atoms with Crippen LogP contribution < -0.4 is 4.90 Å². The lowest BCUT2D eigenvalue weighted by Crippen LogP contribution is -2.24. The number of amides is 1. The number of esters is 1. The second-order valence-electron chi connectivity index (χ2n) is 6.47. The van der Waals surface area contributed by atoms with Gasteiger partial charge in [0, 0.05) is 15.9 Å². The van der Waals surface area contributed by atoms with Crippen LogP contribution in [-0.2, 0) is 14.3 Å². The van der Waals surface area contributed by atoms with Crippen LogP contribution in [0.5, 0.6) is 0 Å². The minimum Gasteiger partial charge on any atom is -0.465 e. The predicted molar refractivity (Wildman–Crippen MR) is 110 cm³/mol. The molecule has 2 aromatic carbocycles. The number of ether oxygens (including phenoxy) is 1. The fourth-order valence-electron chi connectivity index (χ4n) is 3.08. The maximum absolute atomic E-state index is 13.2. The predicted octanol–water partition coefficient (Wildman–Crippen LogP) is 4.94. The van der Waals surface area contributed by atoms with Crippen molar-refractivity contribution in [1.29, 1.82) is 0 Å². The molecule has 1 heterocycles. The van der Waals surface area contributed by atoms with Gasteiger partial charge in [-0.1, -0.05) is 34.1 Å². The SMILES string of the molecule is COC(=O)C1=C(C)N(c2ccc(C)c(C)c2)C(=O)/C1=C\c1ccc(Br)cc1. The fraction of sp³-hybridized carbons (Fsp3) is 0.182. The van der Waals surface area contributed by atoms with Gasteiger partial charge in [-0.3, -0.25) is 9.69 Å². The topological polar surface area (TPSA) is 46.6 Å². The molecule has 27 heavy (non-hydrogen) atoms. The first-order chi connectivity index (χ1) is 12.8. The molecule has 1 aliphatic heterocycles. The summed E-state index contributed by atoms with van der Waals surface area (Å²) in [4.78, 5) is 27.2. The first kappa shape index (κ1) is 19.1. The van der Waals surface area contributed by atoms with E-state index >= 15 is 0 Å². The third kappa shape index (κ3) is 3.60. The van der Waals surface area contributed by atoms with Gasteiger partial charge in [0.25, 0.3) is 5.91 Å². The number of methoxy groups -OCH3 is 1. The van der Waals surface area contributed by atoms with Crippen LogP contribution in [0.2, 0.25) is 0 Å². The summed E-state index contributed by atoms with van der Waals surface area (Å²) in [5, 5.41) is 0. The zero-order valence-electron chi connectivity index (χ0n) is 15.7. The molecule has 0 radical (unpaired) electrons. The molecule has 2 aromatic rings. The molecule has 0 fully saturated rings. The molecule has 0 aromatic heterocycles. The molecular weight excluding hydrogens is 406 g/mol. The van der Waals surface area contributed by atoms with Crippen LogP contribution in [0.1, 0.15) is 23.6 Å². The number of aryl methyl sites for hydroxylation is 2. The Morgan fingerprint density at radius 2 is 1.70 bits per heavy atom. The Kier molecular flexibility index (Phi) is 5.33. The van der Waals surface area contributed by atoms with Crippen molar-refractivity contribution in [3.8, 4) is 0 Å². The molecule has 0 aliphatic carbocycles. The quantitative estimate of drug-likeness (QED) is 0.516. The van der Waals surface area contributed by atoms with Crippen molar-refractivity contribution in [3.05, 3.63) is 80.5 Å². The first-order valence-corrected chi connectivity index (χ1v) is 9.31. The maximum Gasteiger partial charge on any atom is 0.340 e. The highest BCUT2D eigenvalue weighted by Gasteiger charge is 2.37. The number of carbonyl (C=O) groups excluding carboxylic acids is 2. The fourth-order valence-corrected chi connectivity index (χ4v) is 3.35. The van der Waals surface area contributed by atoms with Gasteiger partial charge in [0.1, 0.15) is 0 Å². The van der Waals surface area contributed by atoms with Crippen LogP contribution in [0, 0.1) is 13.8 Å². The summed E-state index contributed by atoms with van der Waals surface area (Å²) in [5.74, 6) is -0.755. The van der Waals surface area contributed by atoms with Gasteiger partial charge in [-0.15, -0.1) is 0 Å². The van der Waals surface area contributed by atoms with E-state index in [0.29, 0.717) is 16.8 Å². The standard InChI is InChI=1S/C22H20BrNO3/c1-13-5-10-18(11-14(13)2)24-15(3)20(22(26)27-4)19(21(24)25)12-16-6-8-17(23)9-7-16/h5-12H,1-4H3/b19-12-. The van der Waals surface area contributed by atoms with E-state index in [2.05, 4.69) is 15.9 Å². The van der Waals surface area contributed by atoms with E-state index < -0.39 is 5.97 Å². The summed E-state index contributed by atoms with van der Waals surface area (Å²) in [5.41, 5.74) is 4.99. The molecule has 0 N–H and O–H groups in total. The van der Waals surface area contributed by atoms with Gasteiger partial charge in [0.15, 0.2) is 0 Å². The Labute approximate surface area is 167 Å². The van der Waals surface area contributed by atoms with Gasteiger partial charge < -0.3 is 4.74 Å². The number of allylic oxidation sites excluding steroid dienone is 1. The number of halogens is 1. The Morgan fingerprint density at radius 3 is 2.30 bits per heavy atom. The summed E-state index contributed by atoms with van der Waals surface area (Å²) in [7, 11) is 1.32. The Bertz CT molecular complexity index is 987. The third-order valence-corrected chi connectivity index (χ3v) is 5.25. The summed E-state index contributed by atoms with van der Waals surface area (Å²) in [6.45, 7) is 5.78. The number of anilines is 1. The lowest BCUT2D eigenvalue weighted by atomic mass is 10.0. The third-order valence-electron chi connectivity index (χ3n) is 4.72. The molecule has 1 aliphatic rings. The molecule has 0 atom stereocenters. The van der Waals surface area contributed by atoms with E-state index in [1.807, 2.05) is 56.3 Å². The van der Waals surface area contributed by atoms with Crippen LogP contribution in [0.25, 0.3) is 6.08 Å². The molecule has 3 rings (SSSR count). The van der Waals surface area contributed by atoms with E-state index in [1.165, 1.54) is 7.11 Å². The average molecular weight is 426 g/mol. The second-order valence-corrected chi connectivity index (χ2v) is 7.39. The van der Waals surface area contributed by atoms with E-state index in [1.54, 1.807) is 17.9 Å². The van der Waals surface area contributed by atoms with Crippen LogP contribution in [0.4, 0.5) is 5.69 Å². The van der Waals surface area contributed by atoms with Crippen molar-refractivity contribution < 1.29 is 14.3 Å². The van der Waals surface area contributed by atoms with E-state index in [0.717, 1.165) is 26.9 Å². The molecular formula is C22H20BrNO3. The van der Waals surface area contributed by atoms with E-state index in [-0.39, 0.29) is 5.91 Å². The summed E-state index contributed by atoms with van der Waals surface area (Å²) in [6.07, 6.45) is 1.73. The van der Waals surface area contributed by atoms with Crippen LogP contribution >= 0.6 is 15.9 Å². The zero-order valence-corrected chi connectivity index (χ0v) is 17.3. The second kappa shape index (κ2) is 7.53. The average Bonchev–Trinajstić information content (AvgIpc) is 2.89. The monoisotopic (exact) mass is 425 g/mol. The zero-order chi connectivity index (χ0) is 19.7. The minimum absolute atomic E-state index is 0.237. The van der Waals surface area contributed by atoms with Crippen LogP contribution in [-0.4, -0.2) is 19.0 Å². The van der Waals surface area contributed by atoms with Gasteiger partial charge in [-0.25, -0.2) is 4.79 Å². The largest absolute Gasteiger partial charge is 0.465 e. The maximum atomic E-state index is 13.2. The number of hydrogen-bond donors (Lipinski definition) is 0.